The zero-order chi connectivity index (χ0) is 16.4. The molecule has 128 valence electrons. The Balaban J connectivity index is 1.27. The molecule has 1 aromatic heterocycles. The lowest BCUT2D eigenvalue weighted by Gasteiger charge is -2.31. The van der Waals surface area contributed by atoms with Crippen LogP contribution in [0.2, 0.25) is 0 Å². The number of ether oxygens (including phenoxy) is 2. The topological polar surface area (TPSA) is 65.3 Å². The van der Waals surface area contributed by atoms with Gasteiger partial charge in [0.2, 0.25) is 0 Å². The van der Waals surface area contributed by atoms with Gasteiger partial charge in [-0.1, -0.05) is 0 Å². The number of methoxy groups -OCH3 is 1. The van der Waals surface area contributed by atoms with Gasteiger partial charge in [-0.3, -0.25) is 4.90 Å². The molecule has 1 saturated heterocycles. The Morgan fingerprint density at radius 2 is 1.75 bits per heavy atom. The van der Waals surface area contributed by atoms with Gasteiger partial charge in [-0.2, -0.15) is 0 Å². The fourth-order valence-corrected chi connectivity index (χ4v) is 3.15. The SMILES string of the molecule is COc1ccc(OC2CCN(Cc3nnnn3C3CC3)CC2)cc1. The van der Waals surface area contributed by atoms with Crippen LogP contribution in [0.3, 0.4) is 0 Å². The first-order valence-corrected chi connectivity index (χ1v) is 8.61. The highest BCUT2D eigenvalue weighted by Crippen LogP contribution is 2.34. The normalized spacial score (nSPS) is 19.4. The van der Waals surface area contributed by atoms with Crippen LogP contribution in [0.1, 0.15) is 37.5 Å². The summed E-state index contributed by atoms with van der Waals surface area (Å²) in [6.45, 7) is 2.86. The molecule has 2 fully saturated rings. The van der Waals surface area contributed by atoms with Crippen molar-refractivity contribution in [1.29, 1.82) is 0 Å². The number of likely N-dealkylation sites (tertiary alicyclic amines) is 1. The highest BCUT2D eigenvalue weighted by atomic mass is 16.5. The number of hydrogen-bond acceptors (Lipinski definition) is 6. The molecule has 24 heavy (non-hydrogen) atoms. The Labute approximate surface area is 141 Å². The summed E-state index contributed by atoms with van der Waals surface area (Å²) in [6, 6.07) is 8.33. The first kappa shape index (κ1) is 15.4. The Hall–Kier alpha value is -2.15. The number of benzene rings is 1. The van der Waals surface area contributed by atoms with Gasteiger partial charge in [-0.25, -0.2) is 4.68 Å². The van der Waals surface area contributed by atoms with Crippen LogP contribution >= 0.6 is 0 Å². The lowest BCUT2D eigenvalue weighted by atomic mass is 10.1. The molecule has 0 unspecified atom stereocenters. The minimum atomic E-state index is 0.272. The van der Waals surface area contributed by atoms with E-state index < -0.39 is 0 Å². The minimum Gasteiger partial charge on any atom is -0.497 e. The Bertz CT molecular complexity index is 660. The van der Waals surface area contributed by atoms with Crippen molar-refractivity contribution in [2.24, 2.45) is 0 Å². The third-order valence-electron chi connectivity index (χ3n) is 4.72. The van der Waals surface area contributed by atoms with Crippen molar-refractivity contribution < 1.29 is 9.47 Å². The summed E-state index contributed by atoms with van der Waals surface area (Å²) in [4.78, 5) is 2.42. The minimum absolute atomic E-state index is 0.272. The van der Waals surface area contributed by atoms with Crippen molar-refractivity contribution in [1.82, 2.24) is 25.1 Å². The molecule has 7 heteroatoms. The third-order valence-corrected chi connectivity index (χ3v) is 4.72. The maximum Gasteiger partial charge on any atom is 0.165 e. The van der Waals surface area contributed by atoms with Gasteiger partial charge in [-0.15, -0.1) is 5.10 Å². The van der Waals surface area contributed by atoms with E-state index in [1.165, 1.54) is 12.8 Å². The molecule has 1 aromatic carbocycles. The van der Waals surface area contributed by atoms with Crippen LogP contribution in [0, 0.1) is 0 Å². The van der Waals surface area contributed by atoms with E-state index in [0.717, 1.165) is 49.8 Å². The highest BCUT2D eigenvalue weighted by Gasteiger charge is 2.29. The second kappa shape index (κ2) is 6.76. The molecule has 0 radical (unpaired) electrons. The van der Waals surface area contributed by atoms with E-state index in [2.05, 4.69) is 20.4 Å². The summed E-state index contributed by atoms with van der Waals surface area (Å²) < 4.78 is 13.3. The number of aromatic nitrogens is 4. The van der Waals surface area contributed by atoms with Gasteiger partial charge in [0.1, 0.15) is 17.6 Å². The Kier molecular flexibility index (Phi) is 4.34. The molecular formula is C17H23N5O2. The van der Waals surface area contributed by atoms with Gasteiger partial charge in [-0.05, 0) is 60.4 Å². The molecule has 2 aromatic rings. The fourth-order valence-electron chi connectivity index (χ4n) is 3.15. The molecule has 1 saturated carbocycles. The van der Waals surface area contributed by atoms with Crippen molar-refractivity contribution >= 4 is 0 Å². The Morgan fingerprint density at radius 3 is 2.42 bits per heavy atom. The predicted molar refractivity (Wildman–Crippen MR) is 88.0 cm³/mol. The fraction of sp³-hybridized carbons (Fsp3) is 0.588. The molecule has 1 aliphatic heterocycles. The lowest BCUT2D eigenvalue weighted by Crippen LogP contribution is -2.38. The van der Waals surface area contributed by atoms with E-state index in [9.17, 15) is 0 Å². The van der Waals surface area contributed by atoms with Crippen molar-refractivity contribution in [2.75, 3.05) is 20.2 Å². The zero-order valence-electron chi connectivity index (χ0n) is 14.0. The van der Waals surface area contributed by atoms with E-state index in [-0.39, 0.29) is 6.10 Å². The summed E-state index contributed by atoms with van der Waals surface area (Å²) in [5, 5.41) is 12.1. The Morgan fingerprint density at radius 1 is 1.04 bits per heavy atom. The van der Waals surface area contributed by atoms with Gasteiger partial charge in [0.05, 0.1) is 19.7 Å². The molecule has 0 N–H and O–H groups in total. The first-order valence-electron chi connectivity index (χ1n) is 8.61. The van der Waals surface area contributed by atoms with Crippen molar-refractivity contribution in [3.8, 4) is 11.5 Å². The van der Waals surface area contributed by atoms with Crippen molar-refractivity contribution in [2.45, 2.75) is 44.4 Å². The van der Waals surface area contributed by atoms with E-state index in [1.807, 2.05) is 28.9 Å². The number of tetrazole rings is 1. The van der Waals surface area contributed by atoms with Crippen LogP contribution in [0.25, 0.3) is 0 Å². The zero-order valence-corrected chi connectivity index (χ0v) is 14.0. The average molecular weight is 329 g/mol. The molecule has 0 amide bonds. The van der Waals surface area contributed by atoms with Crippen molar-refractivity contribution in [3.63, 3.8) is 0 Å². The predicted octanol–water partition coefficient (Wildman–Crippen LogP) is 2.06. The highest BCUT2D eigenvalue weighted by molar-refractivity contribution is 5.31. The molecule has 1 aliphatic carbocycles. The van der Waals surface area contributed by atoms with Crippen LogP contribution in [0.5, 0.6) is 11.5 Å². The average Bonchev–Trinajstić information content (AvgIpc) is 3.37. The monoisotopic (exact) mass is 329 g/mol. The first-order chi connectivity index (χ1) is 11.8. The molecule has 4 rings (SSSR count). The largest absolute Gasteiger partial charge is 0.497 e. The number of piperidine rings is 1. The van der Waals surface area contributed by atoms with E-state index in [1.54, 1.807) is 7.11 Å². The number of rotatable bonds is 6. The second-order valence-corrected chi connectivity index (χ2v) is 6.54. The van der Waals surface area contributed by atoms with Crippen molar-refractivity contribution in [3.05, 3.63) is 30.1 Å². The molecule has 2 heterocycles. The number of hydrogen-bond donors (Lipinski definition) is 0. The van der Waals surface area contributed by atoms with Gasteiger partial charge in [0.25, 0.3) is 0 Å². The van der Waals surface area contributed by atoms with E-state index in [0.29, 0.717) is 6.04 Å². The summed E-state index contributed by atoms with van der Waals surface area (Å²) in [5.74, 6) is 2.75. The number of nitrogens with zero attached hydrogens (tertiary/aromatic N) is 5. The molecule has 0 spiro atoms. The van der Waals surface area contributed by atoms with Crippen LogP contribution in [0.15, 0.2) is 24.3 Å². The maximum atomic E-state index is 6.08. The standard InChI is InChI=1S/C17H23N5O2/c1-23-14-4-6-15(7-5-14)24-16-8-10-21(11-9-16)12-17-18-19-20-22(17)13-2-3-13/h4-7,13,16H,2-3,8-12H2,1H3. The van der Waals surface area contributed by atoms with Gasteiger partial charge in [0, 0.05) is 13.1 Å². The van der Waals surface area contributed by atoms with Gasteiger partial charge < -0.3 is 9.47 Å². The van der Waals surface area contributed by atoms with Gasteiger partial charge >= 0.3 is 0 Å². The molecule has 7 nitrogen and oxygen atoms in total. The smallest absolute Gasteiger partial charge is 0.165 e. The molecule has 0 atom stereocenters. The van der Waals surface area contributed by atoms with Crippen LogP contribution < -0.4 is 9.47 Å². The van der Waals surface area contributed by atoms with Crippen LogP contribution in [0.4, 0.5) is 0 Å². The summed E-state index contributed by atoms with van der Waals surface area (Å²) >= 11 is 0. The molecule has 2 aliphatic rings. The van der Waals surface area contributed by atoms with Crippen LogP contribution in [-0.4, -0.2) is 51.4 Å². The quantitative estimate of drug-likeness (QED) is 0.808. The van der Waals surface area contributed by atoms with Crippen LogP contribution in [-0.2, 0) is 6.54 Å². The summed E-state index contributed by atoms with van der Waals surface area (Å²) in [5.41, 5.74) is 0. The molecular weight excluding hydrogens is 306 g/mol. The second-order valence-electron chi connectivity index (χ2n) is 6.54. The van der Waals surface area contributed by atoms with Gasteiger partial charge in [0.15, 0.2) is 5.82 Å². The third kappa shape index (κ3) is 3.51. The lowest BCUT2D eigenvalue weighted by molar-refractivity contribution is 0.0944. The maximum absolute atomic E-state index is 6.08. The van der Waals surface area contributed by atoms with E-state index >= 15 is 0 Å². The molecule has 0 bridgehead atoms. The van der Waals surface area contributed by atoms with E-state index in [4.69, 9.17) is 9.47 Å². The summed E-state index contributed by atoms with van der Waals surface area (Å²) in [6.07, 6.45) is 4.73. The summed E-state index contributed by atoms with van der Waals surface area (Å²) in [7, 11) is 1.67.